The van der Waals surface area contributed by atoms with Gasteiger partial charge >= 0.3 is 5.97 Å². The molecule has 13 heteroatoms. The number of piperidine rings is 1. The number of carbonyl (C=O) groups is 3. The molecule has 1 fully saturated rings. The lowest BCUT2D eigenvalue weighted by Crippen LogP contribution is -2.45. The molecule has 2 atom stereocenters. The second kappa shape index (κ2) is 11.5. The van der Waals surface area contributed by atoms with Crippen molar-refractivity contribution in [1.29, 1.82) is 0 Å². The number of carboxylic acids is 1. The van der Waals surface area contributed by atoms with Crippen molar-refractivity contribution in [2.45, 2.75) is 25.9 Å². The number of rotatable bonds is 10. The van der Waals surface area contributed by atoms with Crippen molar-refractivity contribution < 1.29 is 29.0 Å². The Labute approximate surface area is 210 Å². The van der Waals surface area contributed by atoms with Gasteiger partial charge in [0.2, 0.25) is 0 Å². The number of anilines is 1. The summed E-state index contributed by atoms with van der Waals surface area (Å²) >= 11 is 13.2. The first-order valence-electron chi connectivity index (χ1n) is 10.5. The third kappa shape index (κ3) is 5.72. The van der Waals surface area contributed by atoms with Gasteiger partial charge in [0.05, 0.1) is 22.8 Å². The standard InChI is InChI=1S/C21H26Cl2N4O6S/c1-10-14(22)15(23)16(25-10)12(28)8-11-4-6-27(9-13(11)33-3)21-26-17(18(34-21)20(30)31)19(29)24-5-7-32-2/h11,13,25H,4-9H2,1-3H3,(H,24,29)(H,30,31). The monoisotopic (exact) mass is 532 g/mol. The lowest BCUT2D eigenvalue weighted by atomic mass is 9.88. The average molecular weight is 533 g/mol. The molecular weight excluding hydrogens is 507 g/mol. The molecule has 3 N–H and O–H groups in total. The Morgan fingerprint density at radius 3 is 2.62 bits per heavy atom. The van der Waals surface area contributed by atoms with Gasteiger partial charge in [-0.2, -0.15) is 0 Å². The molecule has 0 aromatic carbocycles. The highest BCUT2D eigenvalue weighted by Gasteiger charge is 2.34. The van der Waals surface area contributed by atoms with E-state index in [0.717, 1.165) is 11.3 Å². The highest BCUT2D eigenvalue weighted by Crippen LogP contribution is 2.34. The third-order valence-electron chi connectivity index (χ3n) is 5.67. The number of methoxy groups -OCH3 is 2. The molecule has 2 aromatic rings. The molecule has 0 aliphatic carbocycles. The number of aromatic nitrogens is 2. The van der Waals surface area contributed by atoms with Crippen molar-refractivity contribution in [3.63, 3.8) is 0 Å². The Kier molecular flexibility index (Phi) is 8.94. The molecule has 1 saturated heterocycles. The third-order valence-corrected chi connectivity index (χ3v) is 7.72. The number of Topliss-reactive ketones (excluding diaryl/α,β-unsaturated/α-hetero) is 1. The SMILES string of the molecule is COCCNC(=O)c1nc(N2CCC(CC(=O)c3[nH]c(C)c(Cl)c3Cl)C(OC)C2)sc1C(=O)O. The molecule has 2 unspecified atom stereocenters. The second-order valence-electron chi connectivity index (χ2n) is 7.88. The van der Waals surface area contributed by atoms with E-state index in [-0.39, 0.29) is 52.1 Å². The van der Waals surface area contributed by atoms with Crippen molar-refractivity contribution in [2.75, 3.05) is 45.4 Å². The van der Waals surface area contributed by atoms with Crippen LogP contribution in [0.3, 0.4) is 0 Å². The first-order chi connectivity index (χ1) is 16.2. The molecule has 10 nitrogen and oxygen atoms in total. The number of aromatic carboxylic acids is 1. The van der Waals surface area contributed by atoms with E-state index in [0.29, 0.717) is 42.0 Å². The number of aromatic amines is 1. The number of nitrogens with zero attached hydrogens (tertiary/aromatic N) is 2. The minimum atomic E-state index is -1.22. The van der Waals surface area contributed by atoms with Crippen LogP contribution >= 0.6 is 34.5 Å². The number of amides is 1. The predicted octanol–water partition coefficient (Wildman–Crippen LogP) is 3.28. The lowest BCUT2D eigenvalue weighted by molar-refractivity contribution is 0.0375. The molecule has 0 radical (unpaired) electrons. The summed E-state index contributed by atoms with van der Waals surface area (Å²) in [6.45, 7) is 3.19. The topological polar surface area (TPSA) is 134 Å². The van der Waals surface area contributed by atoms with E-state index in [2.05, 4.69) is 15.3 Å². The number of ether oxygens (including phenoxy) is 2. The summed E-state index contributed by atoms with van der Waals surface area (Å²) in [5.74, 6) is -2.03. The van der Waals surface area contributed by atoms with Gasteiger partial charge in [-0.3, -0.25) is 9.59 Å². The fourth-order valence-corrected chi connectivity index (χ4v) is 5.21. The lowest BCUT2D eigenvalue weighted by Gasteiger charge is -2.37. The van der Waals surface area contributed by atoms with E-state index in [4.69, 9.17) is 32.7 Å². The highest BCUT2D eigenvalue weighted by atomic mass is 35.5. The molecule has 1 amide bonds. The Morgan fingerprint density at radius 2 is 2.03 bits per heavy atom. The molecule has 34 heavy (non-hydrogen) atoms. The Morgan fingerprint density at radius 1 is 1.29 bits per heavy atom. The molecule has 0 spiro atoms. The second-order valence-corrected chi connectivity index (χ2v) is 9.61. The molecule has 1 aliphatic heterocycles. The van der Waals surface area contributed by atoms with Gasteiger partial charge in [0, 0.05) is 46.0 Å². The van der Waals surface area contributed by atoms with Crippen LogP contribution in [0.2, 0.25) is 10.0 Å². The molecule has 0 saturated carbocycles. The summed E-state index contributed by atoms with van der Waals surface area (Å²) in [4.78, 5) is 46.0. The summed E-state index contributed by atoms with van der Waals surface area (Å²) in [5, 5.41) is 13.1. The number of nitrogens with one attached hydrogen (secondary N) is 2. The van der Waals surface area contributed by atoms with Crippen molar-refractivity contribution in [1.82, 2.24) is 15.3 Å². The van der Waals surface area contributed by atoms with E-state index in [1.807, 2.05) is 4.90 Å². The predicted molar refractivity (Wildman–Crippen MR) is 129 cm³/mol. The fraction of sp³-hybridized carbons (Fsp3) is 0.524. The number of thiazole rings is 1. The van der Waals surface area contributed by atoms with Crippen molar-refractivity contribution >= 4 is 57.3 Å². The number of hydrogen-bond donors (Lipinski definition) is 3. The molecule has 186 valence electrons. The van der Waals surface area contributed by atoms with Gasteiger partial charge in [-0.15, -0.1) is 0 Å². The maximum atomic E-state index is 12.8. The number of carbonyl (C=O) groups excluding carboxylic acids is 2. The number of aryl methyl sites for hydroxylation is 1. The van der Waals surface area contributed by atoms with Crippen LogP contribution in [-0.4, -0.2) is 79.3 Å². The van der Waals surface area contributed by atoms with Crippen LogP contribution in [0.4, 0.5) is 5.13 Å². The zero-order chi connectivity index (χ0) is 25.0. The maximum absolute atomic E-state index is 12.8. The number of halogens is 2. The zero-order valence-corrected chi connectivity index (χ0v) is 21.3. The van der Waals surface area contributed by atoms with Crippen molar-refractivity contribution in [3.8, 4) is 0 Å². The van der Waals surface area contributed by atoms with Crippen molar-refractivity contribution in [2.24, 2.45) is 5.92 Å². The smallest absolute Gasteiger partial charge is 0.348 e. The van der Waals surface area contributed by atoms with Gasteiger partial charge < -0.3 is 29.8 Å². The summed E-state index contributed by atoms with van der Waals surface area (Å²) in [6.07, 6.45) is 0.514. The van der Waals surface area contributed by atoms with E-state index in [1.165, 1.54) is 7.11 Å². The largest absolute Gasteiger partial charge is 0.477 e. The van der Waals surface area contributed by atoms with Gasteiger partial charge in [-0.25, -0.2) is 9.78 Å². The quantitative estimate of drug-likeness (QED) is 0.313. The van der Waals surface area contributed by atoms with Crippen LogP contribution in [0, 0.1) is 12.8 Å². The Bertz CT molecular complexity index is 1070. The molecule has 3 heterocycles. The summed E-state index contributed by atoms with van der Waals surface area (Å²) < 4.78 is 10.6. The van der Waals surface area contributed by atoms with Gasteiger partial charge in [0.1, 0.15) is 10.6 Å². The number of carboxylic acid groups (broad SMARTS) is 1. The normalized spacial score (nSPS) is 18.2. The number of hydrogen-bond acceptors (Lipinski definition) is 8. The molecular formula is C21H26Cl2N4O6S. The molecule has 2 aromatic heterocycles. The minimum Gasteiger partial charge on any atom is -0.477 e. The van der Waals surface area contributed by atoms with Crippen LogP contribution in [0.15, 0.2) is 0 Å². The van der Waals surface area contributed by atoms with Crippen LogP contribution in [0.1, 0.15) is 49.2 Å². The minimum absolute atomic E-state index is 0.0806. The Balaban J connectivity index is 1.72. The summed E-state index contributed by atoms with van der Waals surface area (Å²) in [7, 11) is 3.07. The zero-order valence-electron chi connectivity index (χ0n) is 18.9. The molecule has 0 bridgehead atoms. The van der Waals surface area contributed by atoms with E-state index >= 15 is 0 Å². The Hall–Kier alpha value is -2.18. The summed E-state index contributed by atoms with van der Waals surface area (Å²) in [6, 6.07) is 0. The van der Waals surface area contributed by atoms with E-state index in [1.54, 1.807) is 14.0 Å². The summed E-state index contributed by atoms with van der Waals surface area (Å²) in [5.41, 5.74) is 0.785. The maximum Gasteiger partial charge on any atom is 0.348 e. The fourth-order valence-electron chi connectivity index (χ4n) is 3.84. The average Bonchev–Trinajstić information content (AvgIpc) is 3.37. The molecule has 1 aliphatic rings. The first-order valence-corrected chi connectivity index (χ1v) is 12.1. The highest BCUT2D eigenvalue weighted by molar-refractivity contribution is 7.17. The van der Waals surface area contributed by atoms with Crippen LogP contribution in [-0.2, 0) is 9.47 Å². The van der Waals surface area contributed by atoms with Crippen LogP contribution in [0.5, 0.6) is 0 Å². The number of H-pyrrole nitrogens is 1. The van der Waals surface area contributed by atoms with Gasteiger partial charge in [-0.1, -0.05) is 34.5 Å². The first kappa shape index (κ1) is 26.4. The van der Waals surface area contributed by atoms with Crippen LogP contribution < -0.4 is 10.2 Å². The number of ketones is 1. The van der Waals surface area contributed by atoms with Crippen molar-refractivity contribution in [3.05, 3.63) is 32.0 Å². The van der Waals surface area contributed by atoms with E-state index < -0.39 is 11.9 Å². The van der Waals surface area contributed by atoms with Gasteiger partial charge in [0.25, 0.3) is 5.91 Å². The van der Waals surface area contributed by atoms with Gasteiger partial charge in [-0.05, 0) is 19.3 Å². The van der Waals surface area contributed by atoms with Gasteiger partial charge in [0.15, 0.2) is 16.6 Å². The van der Waals surface area contributed by atoms with E-state index in [9.17, 15) is 19.5 Å². The molecule has 3 rings (SSSR count). The van der Waals surface area contributed by atoms with Crippen LogP contribution in [0.25, 0.3) is 0 Å².